The number of aryl methyl sites for hydroxylation is 1. The Morgan fingerprint density at radius 2 is 1.75 bits per heavy atom. The van der Waals surface area contributed by atoms with Crippen molar-refractivity contribution in [1.29, 1.82) is 0 Å². The standard InChI is InChI=1S/C16H17NO2S/c18-16(17-19)12-20-11-10-14-8-4-5-9-15(14)13-6-2-1-3-7-13/h1-9,19H,10-12H2,(H,17,18). The van der Waals surface area contributed by atoms with E-state index in [1.54, 1.807) is 5.48 Å². The van der Waals surface area contributed by atoms with E-state index < -0.39 is 0 Å². The van der Waals surface area contributed by atoms with Gasteiger partial charge in [0.15, 0.2) is 0 Å². The van der Waals surface area contributed by atoms with Crippen LogP contribution in [0.2, 0.25) is 0 Å². The van der Waals surface area contributed by atoms with Gasteiger partial charge in [0.05, 0.1) is 5.75 Å². The molecule has 20 heavy (non-hydrogen) atoms. The van der Waals surface area contributed by atoms with E-state index in [-0.39, 0.29) is 11.7 Å². The third-order valence-electron chi connectivity index (χ3n) is 2.98. The molecule has 0 unspecified atom stereocenters. The molecule has 0 aliphatic rings. The molecule has 4 heteroatoms. The number of carbonyl (C=O) groups is 1. The van der Waals surface area contributed by atoms with Crippen molar-refractivity contribution in [3.8, 4) is 11.1 Å². The van der Waals surface area contributed by atoms with E-state index in [1.165, 1.54) is 28.5 Å². The van der Waals surface area contributed by atoms with Crippen molar-refractivity contribution in [2.24, 2.45) is 0 Å². The van der Waals surface area contributed by atoms with Gasteiger partial charge in [-0.05, 0) is 28.9 Å². The number of amides is 1. The van der Waals surface area contributed by atoms with E-state index in [2.05, 4.69) is 24.3 Å². The Kier molecular flexibility index (Phi) is 5.65. The van der Waals surface area contributed by atoms with Gasteiger partial charge in [-0.25, -0.2) is 5.48 Å². The van der Waals surface area contributed by atoms with E-state index in [0.29, 0.717) is 0 Å². The Bertz CT molecular complexity index is 557. The molecule has 104 valence electrons. The summed E-state index contributed by atoms with van der Waals surface area (Å²) in [7, 11) is 0. The summed E-state index contributed by atoms with van der Waals surface area (Å²) in [6.07, 6.45) is 0.897. The molecular formula is C16H17NO2S. The Hall–Kier alpha value is -1.78. The maximum Gasteiger partial charge on any atom is 0.253 e. The number of thioether (sulfide) groups is 1. The number of hydrogen-bond acceptors (Lipinski definition) is 3. The highest BCUT2D eigenvalue weighted by atomic mass is 32.2. The number of hydrogen-bond donors (Lipinski definition) is 2. The van der Waals surface area contributed by atoms with E-state index in [4.69, 9.17) is 5.21 Å². The topological polar surface area (TPSA) is 49.3 Å². The predicted octanol–water partition coefficient (Wildman–Crippen LogP) is 3.13. The molecule has 2 N–H and O–H groups in total. The Labute approximate surface area is 123 Å². The van der Waals surface area contributed by atoms with Crippen LogP contribution in [0, 0.1) is 0 Å². The molecule has 0 atom stereocenters. The monoisotopic (exact) mass is 287 g/mol. The highest BCUT2D eigenvalue weighted by Crippen LogP contribution is 2.24. The highest BCUT2D eigenvalue weighted by molar-refractivity contribution is 7.99. The lowest BCUT2D eigenvalue weighted by atomic mass is 9.98. The van der Waals surface area contributed by atoms with Crippen molar-refractivity contribution >= 4 is 17.7 Å². The van der Waals surface area contributed by atoms with Gasteiger partial charge in [0.2, 0.25) is 0 Å². The fourth-order valence-corrected chi connectivity index (χ4v) is 2.78. The van der Waals surface area contributed by atoms with Crippen LogP contribution in [0.15, 0.2) is 54.6 Å². The third-order valence-corrected chi connectivity index (χ3v) is 3.93. The van der Waals surface area contributed by atoms with E-state index in [9.17, 15) is 4.79 Å². The molecule has 2 rings (SSSR count). The molecule has 0 saturated carbocycles. The zero-order valence-electron chi connectivity index (χ0n) is 11.1. The lowest BCUT2D eigenvalue weighted by molar-refractivity contribution is -0.126. The third kappa shape index (κ3) is 4.11. The summed E-state index contributed by atoms with van der Waals surface area (Å²) in [4.78, 5) is 10.9. The average molecular weight is 287 g/mol. The van der Waals surface area contributed by atoms with Crippen LogP contribution < -0.4 is 5.48 Å². The maximum absolute atomic E-state index is 10.9. The van der Waals surface area contributed by atoms with Gasteiger partial charge in [-0.15, -0.1) is 0 Å². The minimum atomic E-state index is -0.355. The van der Waals surface area contributed by atoms with Gasteiger partial charge in [0, 0.05) is 0 Å². The zero-order valence-corrected chi connectivity index (χ0v) is 11.9. The first-order chi connectivity index (χ1) is 9.81. The van der Waals surface area contributed by atoms with E-state index in [0.717, 1.165) is 12.2 Å². The van der Waals surface area contributed by atoms with Crippen molar-refractivity contribution < 1.29 is 10.0 Å². The smallest absolute Gasteiger partial charge is 0.253 e. The van der Waals surface area contributed by atoms with Crippen LogP contribution in [0.5, 0.6) is 0 Å². The van der Waals surface area contributed by atoms with E-state index >= 15 is 0 Å². The molecule has 3 nitrogen and oxygen atoms in total. The summed E-state index contributed by atoms with van der Waals surface area (Å²) < 4.78 is 0. The van der Waals surface area contributed by atoms with Gasteiger partial charge in [-0.2, -0.15) is 11.8 Å². The predicted molar refractivity (Wildman–Crippen MR) is 82.8 cm³/mol. The second-order valence-electron chi connectivity index (χ2n) is 4.36. The molecule has 0 bridgehead atoms. The van der Waals surface area contributed by atoms with Crippen LogP contribution in [0.3, 0.4) is 0 Å². The number of rotatable bonds is 6. The summed E-state index contributed by atoms with van der Waals surface area (Å²) in [6.45, 7) is 0. The molecule has 2 aromatic rings. The first-order valence-electron chi connectivity index (χ1n) is 6.45. The van der Waals surface area contributed by atoms with Crippen LogP contribution in [-0.2, 0) is 11.2 Å². The molecule has 1 amide bonds. The molecular weight excluding hydrogens is 270 g/mol. The van der Waals surface area contributed by atoms with Gasteiger partial charge >= 0.3 is 0 Å². The second-order valence-corrected chi connectivity index (χ2v) is 5.47. The van der Waals surface area contributed by atoms with Gasteiger partial charge in [-0.1, -0.05) is 54.6 Å². The molecule has 2 aromatic carbocycles. The maximum atomic E-state index is 10.9. The van der Waals surface area contributed by atoms with Gasteiger partial charge in [0.25, 0.3) is 5.91 Å². The highest BCUT2D eigenvalue weighted by Gasteiger charge is 2.05. The molecule has 0 heterocycles. The summed E-state index contributed by atoms with van der Waals surface area (Å²) in [5, 5.41) is 8.43. The second kappa shape index (κ2) is 7.72. The number of hydroxylamine groups is 1. The largest absolute Gasteiger partial charge is 0.289 e. The van der Waals surface area contributed by atoms with Crippen LogP contribution in [-0.4, -0.2) is 22.6 Å². The van der Waals surface area contributed by atoms with Crippen molar-refractivity contribution in [2.45, 2.75) is 6.42 Å². The zero-order chi connectivity index (χ0) is 14.2. The number of nitrogens with one attached hydrogen (secondary N) is 1. The van der Waals surface area contributed by atoms with Gasteiger partial charge in [0.1, 0.15) is 0 Å². The fourth-order valence-electron chi connectivity index (χ4n) is 2.02. The van der Waals surface area contributed by atoms with Crippen molar-refractivity contribution in [2.75, 3.05) is 11.5 Å². The lowest BCUT2D eigenvalue weighted by Crippen LogP contribution is -2.20. The van der Waals surface area contributed by atoms with Crippen LogP contribution in [0.25, 0.3) is 11.1 Å². The molecule has 0 fully saturated rings. The SMILES string of the molecule is O=C(CSCCc1ccccc1-c1ccccc1)NO. The molecule has 0 radical (unpaired) electrons. The van der Waals surface area contributed by atoms with Crippen LogP contribution >= 0.6 is 11.8 Å². The first-order valence-corrected chi connectivity index (χ1v) is 7.60. The van der Waals surface area contributed by atoms with Gasteiger partial charge < -0.3 is 0 Å². The molecule has 0 aliphatic carbocycles. The minimum Gasteiger partial charge on any atom is -0.289 e. The summed E-state index contributed by atoms with van der Waals surface area (Å²) in [5.41, 5.74) is 5.36. The first kappa shape index (κ1) is 14.6. The Morgan fingerprint density at radius 3 is 2.50 bits per heavy atom. The normalized spacial score (nSPS) is 10.2. The molecule has 0 saturated heterocycles. The quantitative estimate of drug-likeness (QED) is 0.487. The number of benzene rings is 2. The lowest BCUT2D eigenvalue weighted by Gasteiger charge is -2.09. The minimum absolute atomic E-state index is 0.282. The number of carbonyl (C=O) groups excluding carboxylic acids is 1. The van der Waals surface area contributed by atoms with Crippen LogP contribution in [0.4, 0.5) is 0 Å². The van der Waals surface area contributed by atoms with Crippen molar-refractivity contribution in [3.63, 3.8) is 0 Å². The van der Waals surface area contributed by atoms with Crippen LogP contribution in [0.1, 0.15) is 5.56 Å². The summed E-state index contributed by atoms with van der Waals surface area (Å²) in [6, 6.07) is 18.6. The van der Waals surface area contributed by atoms with Gasteiger partial charge in [-0.3, -0.25) is 10.0 Å². The van der Waals surface area contributed by atoms with E-state index in [1.807, 2.05) is 30.3 Å². The Morgan fingerprint density at radius 1 is 1.05 bits per heavy atom. The Balaban J connectivity index is 2.00. The van der Waals surface area contributed by atoms with Crippen molar-refractivity contribution in [3.05, 3.63) is 60.2 Å². The fraction of sp³-hybridized carbons (Fsp3) is 0.188. The summed E-state index contributed by atoms with van der Waals surface area (Å²) in [5.74, 6) is 0.771. The molecule has 0 spiro atoms. The van der Waals surface area contributed by atoms with Crippen molar-refractivity contribution in [1.82, 2.24) is 5.48 Å². The molecule has 0 aliphatic heterocycles. The molecule has 0 aromatic heterocycles. The summed E-state index contributed by atoms with van der Waals surface area (Å²) >= 11 is 1.51. The average Bonchev–Trinajstić information content (AvgIpc) is 2.52.